The molecule has 0 aromatic carbocycles. The van der Waals surface area contributed by atoms with Gasteiger partial charge in [0.15, 0.2) is 0 Å². The van der Waals surface area contributed by atoms with E-state index in [2.05, 4.69) is 24.2 Å². The van der Waals surface area contributed by atoms with E-state index in [1.54, 1.807) is 15.8 Å². The van der Waals surface area contributed by atoms with Crippen LogP contribution in [-0.2, 0) is 10.4 Å². The molecule has 0 unspecified atom stereocenters. The Balaban J connectivity index is 2.02. The Morgan fingerprint density at radius 3 is 2.68 bits per heavy atom. The van der Waals surface area contributed by atoms with E-state index < -0.39 is 5.60 Å². The summed E-state index contributed by atoms with van der Waals surface area (Å²) in [5.41, 5.74) is -0.534. The topological polar surface area (TPSA) is 74.5 Å². The molecule has 0 aliphatic carbocycles. The minimum Gasteiger partial charge on any atom is -0.381 e. The standard InChI is InChI=1S/C15H27N5O2/c1-11(2)18(5)9-14(21)19-7-6-15(22,10-19)13-8-20(12(3)4)17-16-13/h8,11-12,22H,6-7,9-10H2,1-5H3/t15-/m1/s1. The van der Waals surface area contributed by atoms with Crippen LogP contribution in [0, 0.1) is 0 Å². The number of likely N-dealkylation sites (N-methyl/N-ethyl adjacent to an activating group) is 1. The highest BCUT2D eigenvalue weighted by Gasteiger charge is 2.42. The van der Waals surface area contributed by atoms with Gasteiger partial charge in [0.1, 0.15) is 11.3 Å². The van der Waals surface area contributed by atoms with Gasteiger partial charge in [-0.25, -0.2) is 4.68 Å². The first-order chi connectivity index (χ1) is 10.2. The van der Waals surface area contributed by atoms with E-state index in [0.717, 1.165) is 0 Å². The van der Waals surface area contributed by atoms with E-state index in [-0.39, 0.29) is 18.5 Å². The summed E-state index contributed by atoms with van der Waals surface area (Å²) < 4.78 is 1.73. The van der Waals surface area contributed by atoms with Crippen molar-refractivity contribution in [2.24, 2.45) is 0 Å². The number of nitrogens with zero attached hydrogens (tertiary/aromatic N) is 5. The molecule has 0 spiro atoms. The van der Waals surface area contributed by atoms with Gasteiger partial charge in [0.2, 0.25) is 5.91 Å². The minimum absolute atomic E-state index is 0.0448. The lowest BCUT2D eigenvalue weighted by Crippen LogP contribution is -2.41. The van der Waals surface area contributed by atoms with Crippen molar-refractivity contribution in [3.05, 3.63) is 11.9 Å². The van der Waals surface area contributed by atoms with Gasteiger partial charge in [0, 0.05) is 25.0 Å². The number of carbonyl (C=O) groups is 1. The fraction of sp³-hybridized carbons (Fsp3) is 0.800. The Kier molecular flexibility index (Phi) is 4.87. The molecule has 7 heteroatoms. The van der Waals surface area contributed by atoms with Gasteiger partial charge in [-0.2, -0.15) is 0 Å². The fourth-order valence-electron chi connectivity index (χ4n) is 2.45. The number of aliphatic hydroxyl groups is 1. The highest BCUT2D eigenvalue weighted by Crippen LogP contribution is 2.30. The molecule has 1 aromatic heterocycles. The van der Waals surface area contributed by atoms with E-state index in [1.807, 2.05) is 25.8 Å². The molecule has 0 bridgehead atoms. The van der Waals surface area contributed by atoms with Crippen LogP contribution in [0.4, 0.5) is 0 Å². The zero-order valence-corrected chi connectivity index (χ0v) is 14.2. The Morgan fingerprint density at radius 2 is 2.14 bits per heavy atom. The Morgan fingerprint density at radius 1 is 1.45 bits per heavy atom. The second-order valence-corrected chi connectivity index (χ2v) is 6.78. The number of amides is 1. The van der Waals surface area contributed by atoms with Crippen LogP contribution in [0.25, 0.3) is 0 Å². The van der Waals surface area contributed by atoms with Crippen molar-refractivity contribution in [3.63, 3.8) is 0 Å². The van der Waals surface area contributed by atoms with Crippen molar-refractivity contribution in [2.75, 3.05) is 26.7 Å². The molecule has 1 aromatic rings. The van der Waals surface area contributed by atoms with Crippen molar-refractivity contribution in [1.29, 1.82) is 0 Å². The second-order valence-electron chi connectivity index (χ2n) is 6.78. The first kappa shape index (κ1) is 16.9. The third-order valence-corrected chi connectivity index (χ3v) is 4.38. The molecule has 1 amide bonds. The first-order valence-electron chi connectivity index (χ1n) is 7.85. The summed E-state index contributed by atoms with van der Waals surface area (Å²) in [5.74, 6) is 0.0448. The zero-order valence-electron chi connectivity index (χ0n) is 14.2. The quantitative estimate of drug-likeness (QED) is 0.863. The summed E-state index contributed by atoms with van der Waals surface area (Å²) in [5, 5.41) is 18.9. The van der Waals surface area contributed by atoms with Crippen LogP contribution < -0.4 is 0 Å². The molecule has 0 saturated carbocycles. The summed E-state index contributed by atoms with van der Waals surface area (Å²) in [7, 11) is 1.93. The summed E-state index contributed by atoms with van der Waals surface area (Å²) in [6.07, 6.45) is 2.28. The van der Waals surface area contributed by atoms with Gasteiger partial charge in [-0.3, -0.25) is 9.69 Å². The number of hydrogen-bond acceptors (Lipinski definition) is 5. The number of hydrogen-bond donors (Lipinski definition) is 1. The maximum Gasteiger partial charge on any atom is 0.236 e. The van der Waals surface area contributed by atoms with Crippen molar-refractivity contribution in [2.45, 2.75) is 51.8 Å². The van der Waals surface area contributed by atoms with Crippen LogP contribution in [0.5, 0.6) is 0 Å². The molecule has 1 N–H and O–H groups in total. The van der Waals surface area contributed by atoms with Crippen molar-refractivity contribution in [3.8, 4) is 0 Å². The Hall–Kier alpha value is -1.47. The van der Waals surface area contributed by atoms with Gasteiger partial charge in [-0.15, -0.1) is 5.10 Å². The van der Waals surface area contributed by atoms with Crippen molar-refractivity contribution < 1.29 is 9.90 Å². The minimum atomic E-state index is -1.08. The summed E-state index contributed by atoms with van der Waals surface area (Å²) in [4.78, 5) is 16.0. The fourth-order valence-corrected chi connectivity index (χ4v) is 2.45. The molecule has 0 radical (unpaired) electrons. The van der Waals surface area contributed by atoms with Crippen LogP contribution >= 0.6 is 0 Å². The molecular formula is C15H27N5O2. The number of likely N-dealkylation sites (tertiary alicyclic amines) is 1. The Labute approximate surface area is 131 Å². The van der Waals surface area contributed by atoms with Crippen LogP contribution in [0.1, 0.15) is 45.9 Å². The average Bonchev–Trinajstić information content (AvgIpc) is 3.05. The summed E-state index contributed by atoms with van der Waals surface area (Å²) in [6, 6.07) is 0.514. The summed E-state index contributed by atoms with van der Waals surface area (Å²) in [6.45, 7) is 9.33. The molecule has 2 heterocycles. The largest absolute Gasteiger partial charge is 0.381 e. The number of rotatable bonds is 5. The van der Waals surface area contributed by atoms with Crippen LogP contribution in [0.3, 0.4) is 0 Å². The molecule has 124 valence electrons. The molecule has 1 aliphatic rings. The highest BCUT2D eigenvalue weighted by molar-refractivity contribution is 5.78. The third kappa shape index (κ3) is 3.47. The Bertz CT molecular complexity index is 528. The molecule has 1 fully saturated rings. The van der Waals surface area contributed by atoms with Crippen LogP contribution in [0.2, 0.25) is 0 Å². The van der Waals surface area contributed by atoms with E-state index in [9.17, 15) is 9.90 Å². The van der Waals surface area contributed by atoms with Gasteiger partial charge in [0.25, 0.3) is 0 Å². The number of aromatic nitrogens is 3. The van der Waals surface area contributed by atoms with Gasteiger partial charge in [0.05, 0.1) is 19.3 Å². The second kappa shape index (κ2) is 6.34. The molecule has 1 atom stereocenters. The van der Waals surface area contributed by atoms with Gasteiger partial charge in [-0.1, -0.05) is 5.21 Å². The van der Waals surface area contributed by atoms with Gasteiger partial charge >= 0.3 is 0 Å². The number of carbonyl (C=O) groups excluding carboxylic acids is 1. The predicted octanol–water partition coefficient (Wildman–Crippen LogP) is 0.619. The number of β-amino-alcohol motifs (C(OH)–C–C–N with tert-alkyl or cyclic N) is 1. The third-order valence-electron chi connectivity index (χ3n) is 4.38. The van der Waals surface area contributed by atoms with E-state index in [0.29, 0.717) is 31.2 Å². The normalized spacial score (nSPS) is 22.3. The SMILES string of the molecule is CC(C)N(C)CC(=O)N1CC[C@](O)(c2cn(C(C)C)nn2)C1. The van der Waals surface area contributed by atoms with Crippen LogP contribution in [-0.4, -0.2) is 68.5 Å². The maximum atomic E-state index is 12.3. The van der Waals surface area contributed by atoms with Crippen LogP contribution in [0.15, 0.2) is 6.20 Å². The van der Waals surface area contributed by atoms with Gasteiger partial charge in [-0.05, 0) is 34.7 Å². The predicted molar refractivity (Wildman–Crippen MR) is 83.3 cm³/mol. The molecule has 2 rings (SSSR count). The van der Waals surface area contributed by atoms with E-state index >= 15 is 0 Å². The average molecular weight is 309 g/mol. The summed E-state index contributed by atoms with van der Waals surface area (Å²) >= 11 is 0. The highest BCUT2D eigenvalue weighted by atomic mass is 16.3. The zero-order chi connectivity index (χ0) is 16.5. The monoisotopic (exact) mass is 309 g/mol. The molecule has 7 nitrogen and oxygen atoms in total. The van der Waals surface area contributed by atoms with Crippen molar-refractivity contribution >= 4 is 5.91 Å². The molecule has 1 saturated heterocycles. The van der Waals surface area contributed by atoms with Gasteiger partial charge < -0.3 is 10.0 Å². The van der Waals surface area contributed by atoms with Crippen molar-refractivity contribution in [1.82, 2.24) is 24.8 Å². The van der Waals surface area contributed by atoms with E-state index in [1.165, 1.54) is 0 Å². The molecular weight excluding hydrogens is 282 g/mol. The first-order valence-corrected chi connectivity index (χ1v) is 7.85. The smallest absolute Gasteiger partial charge is 0.236 e. The molecule has 22 heavy (non-hydrogen) atoms. The lowest BCUT2D eigenvalue weighted by Gasteiger charge is -2.25. The van der Waals surface area contributed by atoms with E-state index in [4.69, 9.17) is 0 Å². The molecule has 1 aliphatic heterocycles. The maximum absolute atomic E-state index is 12.3. The lowest BCUT2D eigenvalue weighted by atomic mass is 10.00. The lowest BCUT2D eigenvalue weighted by molar-refractivity contribution is -0.132.